The number of hydrogen-bond donors (Lipinski definition) is 2. The lowest BCUT2D eigenvalue weighted by Gasteiger charge is -2.28. The van der Waals surface area contributed by atoms with E-state index in [1.165, 1.54) is 0 Å². The molecule has 1 aromatic heterocycles. The van der Waals surface area contributed by atoms with Crippen LogP contribution in [0, 0.1) is 0 Å². The highest BCUT2D eigenvalue weighted by Gasteiger charge is 2.33. The zero-order valence-corrected chi connectivity index (χ0v) is 11.4. The van der Waals surface area contributed by atoms with E-state index in [0.29, 0.717) is 6.42 Å². The summed E-state index contributed by atoms with van der Waals surface area (Å²) in [7, 11) is 1.67. The number of likely N-dealkylation sites (N-methyl/N-ethyl adjacent to an activating group) is 1. The number of aromatic nitrogens is 2. The van der Waals surface area contributed by atoms with Crippen molar-refractivity contribution >= 4 is 17.0 Å². The van der Waals surface area contributed by atoms with Crippen LogP contribution in [0.5, 0.6) is 0 Å². The van der Waals surface area contributed by atoms with Crippen LogP contribution in [0.4, 0.5) is 0 Å². The Labute approximate surface area is 112 Å². The van der Waals surface area contributed by atoms with Gasteiger partial charge in [-0.2, -0.15) is 0 Å². The van der Waals surface area contributed by atoms with Gasteiger partial charge in [0.2, 0.25) is 0 Å². The van der Waals surface area contributed by atoms with Gasteiger partial charge in [-0.1, -0.05) is 12.1 Å². The van der Waals surface area contributed by atoms with Gasteiger partial charge in [0.1, 0.15) is 5.54 Å². The topological polar surface area (TPSA) is 67.2 Å². The molecule has 0 fully saturated rings. The largest absolute Gasteiger partial charge is 0.480 e. The summed E-state index contributed by atoms with van der Waals surface area (Å²) in [5, 5.41) is 12.2. The number of hydrogen-bond acceptors (Lipinski definition) is 3. The average Bonchev–Trinajstić information content (AvgIpc) is 2.82. The van der Waals surface area contributed by atoms with E-state index in [-0.39, 0.29) is 6.04 Å². The van der Waals surface area contributed by atoms with E-state index in [4.69, 9.17) is 0 Å². The van der Waals surface area contributed by atoms with Crippen molar-refractivity contribution < 1.29 is 9.90 Å². The summed E-state index contributed by atoms with van der Waals surface area (Å²) in [5.41, 5.74) is 1.01. The Morgan fingerprint density at radius 2 is 2.21 bits per heavy atom. The molecule has 1 heterocycles. The third kappa shape index (κ3) is 2.46. The fourth-order valence-corrected chi connectivity index (χ4v) is 2.31. The molecular weight excluding hydrogens is 242 g/mol. The van der Waals surface area contributed by atoms with E-state index in [0.717, 1.165) is 11.0 Å². The zero-order valence-electron chi connectivity index (χ0n) is 11.4. The van der Waals surface area contributed by atoms with Gasteiger partial charge in [0, 0.05) is 6.04 Å². The molecule has 2 atom stereocenters. The molecule has 2 N–H and O–H groups in total. The number of para-hydroxylation sites is 2. The van der Waals surface area contributed by atoms with Crippen LogP contribution in [-0.4, -0.2) is 33.2 Å². The van der Waals surface area contributed by atoms with E-state index >= 15 is 0 Å². The van der Waals surface area contributed by atoms with Crippen molar-refractivity contribution in [3.8, 4) is 0 Å². The summed E-state index contributed by atoms with van der Waals surface area (Å²) in [5.74, 6) is -0.841. The van der Waals surface area contributed by atoms with Crippen molar-refractivity contribution in [2.75, 3.05) is 7.05 Å². The molecule has 2 aromatic rings. The lowest BCUT2D eigenvalue weighted by Crippen LogP contribution is -2.48. The number of aliphatic carboxylic acids is 1. The lowest BCUT2D eigenvalue weighted by molar-refractivity contribution is -0.144. The highest BCUT2D eigenvalue weighted by atomic mass is 16.4. The van der Waals surface area contributed by atoms with E-state index in [1.54, 1.807) is 20.3 Å². The SMILES string of the molecule is CNC(C)(CC(C)n1cnc2ccccc21)C(=O)O. The first-order chi connectivity index (χ1) is 8.98. The molecule has 0 bridgehead atoms. The van der Waals surface area contributed by atoms with Crippen LogP contribution >= 0.6 is 0 Å². The molecule has 0 aliphatic rings. The molecule has 2 unspecified atom stereocenters. The van der Waals surface area contributed by atoms with Gasteiger partial charge in [0.15, 0.2) is 0 Å². The van der Waals surface area contributed by atoms with Crippen LogP contribution in [0.1, 0.15) is 26.3 Å². The van der Waals surface area contributed by atoms with Gasteiger partial charge in [0.25, 0.3) is 0 Å². The quantitative estimate of drug-likeness (QED) is 0.864. The Hall–Kier alpha value is -1.88. The second-order valence-electron chi connectivity index (χ2n) is 5.08. The average molecular weight is 261 g/mol. The summed E-state index contributed by atoms with van der Waals surface area (Å²) in [4.78, 5) is 15.7. The molecule has 5 nitrogen and oxygen atoms in total. The lowest BCUT2D eigenvalue weighted by atomic mass is 9.94. The second kappa shape index (κ2) is 5.01. The summed E-state index contributed by atoms with van der Waals surface area (Å²) in [6, 6.07) is 7.89. The standard InChI is InChI=1S/C14H19N3O2/c1-10(8-14(2,15-3)13(18)19)17-9-16-11-6-4-5-7-12(11)17/h4-7,9-10,15H,8H2,1-3H3,(H,18,19). The first-order valence-corrected chi connectivity index (χ1v) is 6.32. The minimum Gasteiger partial charge on any atom is -0.480 e. The Bertz CT molecular complexity index is 593. The van der Waals surface area contributed by atoms with Gasteiger partial charge in [-0.05, 0) is 39.4 Å². The van der Waals surface area contributed by atoms with Gasteiger partial charge in [-0.25, -0.2) is 4.98 Å². The van der Waals surface area contributed by atoms with Crippen molar-refractivity contribution in [1.82, 2.24) is 14.9 Å². The molecule has 0 spiro atoms. The van der Waals surface area contributed by atoms with Crippen LogP contribution in [0.25, 0.3) is 11.0 Å². The van der Waals surface area contributed by atoms with Crippen molar-refractivity contribution in [2.45, 2.75) is 31.8 Å². The van der Waals surface area contributed by atoms with Gasteiger partial charge in [-0.3, -0.25) is 4.79 Å². The van der Waals surface area contributed by atoms with E-state index in [1.807, 2.05) is 35.8 Å². The molecule has 19 heavy (non-hydrogen) atoms. The number of rotatable bonds is 5. The predicted octanol–water partition coefficient (Wildman–Crippen LogP) is 2.05. The number of carboxylic acids is 1. The van der Waals surface area contributed by atoms with Crippen molar-refractivity contribution in [3.05, 3.63) is 30.6 Å². The number of nitrogens with zero attached hydrogens (tertiary/aromatic N) is 2. The van der Waals surface area contributed by atoms with Crippen molar-refractivity contribution in [2.24, 2.45) is 0 Å². The van der Waals surface area contributed by atoms with Crippen LogP contribution in [0.15, 0.2) is 30.6 Å². The highest BCUT2D eigenvalue weighted by Crippen LogP contribution is 2.24. The summed E-state index contributed by atoms with van der Waals surface area (Å²) < 4.78 is 2.02. The van der Waals surface area contributed by atoms with Crippen LogP contribution in [-0.2, 0) is 4.79 Å². The maximum absolute atomic E-state index is 11.3. The zero-order chi connectivity index (χ0) is 14.0. The van der Waals surface area contributed by atoms with Gasteiger partial charge in [-0.15, -0.1) is 0 Å². The minimum absolute atomic E-state index is 0.0425. The van der Waals surface area contributed by atoms with Crippen molar-refractivity contribution in [3.63, 3.8) is 0 Å². The number of carboxylic acid groups (broad SMARTS) is 1. The van der Waals surface area contributed by atoms with Gasteiger partial charge >= 0.3 is 5.97 Å². The molecule has 0 radical (unpaired) electrons. The molecule has 0 aliphatic carbocycles. The van der Waals surface area contributed by atoms with E-state index in [2.05, 4.69) is 10.3 Å². The van der Waals surface area contributed by atoms with Crippen LogP contribution in [0.3, 0.4) is 0 Å². The molecule has 5 heteroatoms. The normalized spacial score (nSPS) is 16.2. The third-order valence-corrected chi connectivity index (χ3v) is 3.68. The fourth-order valence-electron chi connectivity index (χ4n) is 2.31. The Balaban J connectivity index is 2.29. The Kier molecular flexibility index (Phi) is 3.57. The first kappa shape index (κ1) is 13.5. The number of nitrogens with one attached hydrogen (secondary N) is 1. The summed E-state index contributed by atoms with van der Waals surface area (Å²) in [6.07, 6.45) is 2.26. The monoisotopic (exact) mass is 261 g/mol. The molecule has 0 saturated carbocycles. The smallest absolute Gasteiger partial charge is 0.323 e. The highest BCUT2D eigenvalue weighted by molar-refractivity contribution is 5.78. The molecule has 1 aromatic carbocycles. The molecular formula is C14H19N3O2. The number of fused-ring (bicyclic) bond motifs is 1. The van der Waals surface area contributed by atoms with Crippen molar-refractivity contribution in [1.29, 1.82) is 0 Å². The molecule has 0 aliphatic heterocycles. The maximum Gasteiger partial charge on any atom is 0.323 e. The molecule has 0 amide bonds. The van der Waals surface area contributed by atoms with Gasteiger partial charge < -0.3 is 15.0 Å². The second-order valence-corrected chi connectivity index (χ2v) is 5.08. The number of imidazole rings is 1. The van der Waals surface area contributed by atoms with Crippen LogP contribution in [0.2, 0.25) is 0 Å². The van der Waals surface area contributed by atoms with Crippen LogP contribution < -0.4 is 5.32 Å². The molecule has 2 rings (SSSR count). The van der Waals surface area contributed by atoms with E-state index < -0.39 is 11.5 Å². The third-order valence-electron chi connectivity index (χ3n) is 3.68. The molecule has 0 saturated heterocycles. The Morgan fingerprint density at radius 1 is 1.53 bits per heavy atom. The molecule has 102 valence electrons. The minimum atomic E-state index is -0.940. The Morgan fingerprint density at radius 3 is 2.84 bits per heavy atom. The summed E-state index contributed by atoms with van der Waals surface area (Å²) in [6.45, 7) is 3.71. The number of benzene rings is 1. The maximum atomic E-state index is 11.3. The first-order valence-electron chi connectivity index (χ1n) is 6.32. The van der Waals surface area contributed by atoms with E-state index in [9.17, 15) is 9.90 Å². The fraction of sp³-hybridized carbons (Fsp3) is 0.429. The number of carbonyl (C=O) groups is 1. The predicted molar refractivity (Wildman–Crippen MR) is 74.2 cm³/mol. The van der Waals surface area contributed by atoms with Gasteiger partial charge in [0.05, 0.1) is 17.4 Å². The summed E-state index contributed by atoms with van der Waals surface area (Å²) >= 11 is 0.